The summed E-state index contributed by atoms with van der Waals surface area (Å²) >= 11 is 0. The third-order valence-electron chi connectivity index (χ3n) is 4.80. The Labute approximate surface area is 185 Å². The quantitative estimate of drug-likeness (QED) is 0.349. The van der Waals surface area contributed by atoms with Gasteiger partial charge in [-0.1, -0.05) is 23.7 Å². The highest BCUT2D eigenvalue weighted by atomic mass is 16.5. The van der Waals surface area contributed by atoms with Crippen LogP contribution in [0.1, 0.15) is 31.5 Å². The summed E-state index contributed by atoms with van der Waals surface area (Å²) in [7, 11) is 3.17. The predicted molar refractivity (Wildman–Crippen MR) is 116 cm³/mol. The van der Waals surface area contributed by atoms with Crippen molar-refractivity contribution in [1.29, 1.82) is 0 Å². The maximum Gasteiger partial charge on any atom is 0.264 e. The lowest BCUT2D eigenvalue weighted by Gasteiger charge is -2.07. The van der Waals surface area contributed by atoms with Crippen molar-refractivity contribution in [3.63, 3.8) is 0 Å². The summed E-state index contributed by atoms with van der Waals surface area (Å²) in [5.74, 6) is 3.91. The molecule has 9 heteroatoms. The Bertz CT molecular complexity index is 1150. The lowest BCUT2D eigenvalue weighted by atomic mass is 10.2. The van der Waals surface area contributed by atoms with Crippen LogP contribution in [0.25, 0.3) is 22.8 Å². The van der Waals surface area contributed by atoms with Gasteiger partial charge in [-0.25, -0.2) is 0 Å². The number of rotatable bonds is 10. The first-order valence-corrected chi connectivity index (χ1v) is 10.3. The van der Waals surface area contributed by atoms with Crippen LogP contribution in [-0.4, -0.2) is 34.5 Å². The molecule has 0 atom stereocenters. The van der Waals surface area contributed by atoms with E-state index in [-0.39, 0.29) is 6.61 Å². The second kappa shape index (κ2) is 9.95. The summed E-state index contributed by atoms with van der Waals surface area (Å²) in [5.41, 5.74) is 1.56. The Morgan fingerprint density at radius 3 is 2.28 bits per heavy atom. The first kappa shape index (κ1) is 21.4. The Morgan fingerprint density at radius 1 is 0.812 bits per heavy atom. The molecule has 0 aliphatic heterocycles. The second-order valence-electron chi connectivity index (χ2n) is 7.01. The van der Waals surface area contributed by atoms with Gasteiger partial charge in [0.25, 0.3) is 5.89 Å². The van der Waals surface area contributed by atoms with Crippen LogP contribution >= 0.6 is 0 Å². The molecule has 166 valence electrons. The minimum atomic E-state index is 0.133. The van der Waals surface area contributed by atoms with Crippen molar-refractivity contribution < 1.29 is 23.3 Å². The van der Waals surface area contributed by atoms with Crippen LogP contribution in [-0.2, 0) is 13.0 Å². The number of ether oxygens (including phenoxy) is 3. The zero-order valence-corrected chi connectivity index (χ0v) is 18.2. The molecule has 4 aromatic rings. The fourth-order valence-electron chi connectivity index (χ4n) is 3.05. The molecule has 0 radical (unpaired) electrons. The van der Waals surface area contributed by atoms with E-state index in [0.29, 0.717) is 46.2 Å². The van der Waals surface area contributed by atoms with Crippen molar-refractivity contribution in [1.82, 2.24) is 20.3 Å². The maximum atomic E-state index is 5.77. The van der Waals surface area contributed by atoms with E-state index in [0.717, 1.165) is 24.8 Å². The predicted octanol–water partition coefficient (Wildman–Crippen LogP) is 4.73. The van der Waals surface area contributed by atoms with Gasteiger partial charge < -0.3 is 23.3 Å². The van der Waals surface area contributed by atoms with Gasteiger partial charge in [0.05, 0.1) is 19.8 Å². The molecule has 0 unspecified atom stereocenters. The van der Waals surface area contributed by atoms with Gasteiger partial charge in [0.15, 0.2) is 6.61 Å². The van der Waals surface area contributed by atoms with Gasteiger partial charge in [-0.2, -0.15) is 9.97 Å². The number of aryl methyl sites for hydroxylation is 1. The summed E-state index contributed by atoms with van der Waals surface area (Å²) in [4.78, 5) is 8.82. The standard InChI is InChI=1S/C23H24N4O5/c1-4-5-6-20-24-22(26-31-20)15-7-9-16(10-8-15)30-14-21-25-23(27-32-21)18-12-11-17(28-2)13-19(18)29-3/h7-13H,4-6,14H2,1-3H3. The SMILES string of the molecule is CCCCc1nc(-c2ccc(OCc3nc(-c4ccc(OC)cc4OC)no3)cc2)no1. The van der Waals surface area contributed by atoms with E-state index >= 15 is 0 Å². The molecule has 32 heavy (non-hydrogen) atoms. The van der Waals surface area contributed by atoms with E-state index in [2.05, 4.69) is 27.2 Å². The lowest BCUT2D eigenvalue weighted by Crippen LogP contribution is -1.96. The second-order valence-corrected chi connectivity index (χ2v) is 7.01. The molecule has 9 nitrogen and oxygen atoms in total. The van der Waals surface area contributed by atoms with Crippen LogP contribution in [0.5, 0.6) is 17.2 Å². The Morgan fingerprint density at radius 2 is 1.53 bits per heavy atom. The normalized spacial score (nSPS) is 10.8. The average Bonchev–Trinajstić information content (AvgIpc) is 3.51. The number of benzene rings is 2. The fraction of sp³-hybridized carbons (Fsp3) is 0.304. The van der Waals surface area contributed by atoms with Gasteiger partial charge in [0.1, 0.15) is 17.2 Å². The summed E-state index contributed by atoms with van der Waals surface area (Å²) in [6.45, 7) is 2.26. The molecule has 0 aliphatic rings. The topological polar surface area (TPSA) is 106 Å². The fourth-order valence-corrected chi connectivity index (χ4v) is 3.05. The third-order valence-corrected chi connectivity index (χ3v) is 4.80. The van der Waals surface area contributed by atoms with Gasteiger partial charge in [-0.05, 0) is 42.8 Å². The molecule has 0 aliphatic carbocycles. The van der Waals surface area contributed by atoms with Crippen molar-refractivity contribution >= 4 is 0 Å². The highest BCUT2D eigenvalue weighted by molar-refractivity contribution is 5.65. The van der Waals surface area contributed by atoms with E-state index in [9.17, 15) is 0 Å². The van der Waals surface area contributed by atoms with Crippen LogP contribution in [0.3, 0.4) is 0 Å². The van der Waals surface area contributed by atoms with E-state index in [1.807, 2.05) is 36.4 Å². The van der Waals surface area contributed by atoms with Gasteiger partial charge in [-0.15, -0.1) is 0 Å². The number of nitrogens with zero attached hydrogens (tertiary/aromatic N) is 4. The number of hydrogen-bond donors (Lipinski definition) is 0. The van der Waals surface area contributed by atoms with Gasteiger partial charge in [0.2, 0.25) is 17.5 Å². The monoisotopic (exact) mass is 436 g/mol. The maximum absolute atomic E-state index is 5.77. The minimum absolute atomic E-state index is 0.133. The van der Waals surface area contributed by atoms with Crippen molar-refractivity contribution in [3.8, 4) is 40.0 Å². The van der Waals surface area contributed by atoms with E-state index in [1.165, 1.54) is 0 Å². The number of hydrogen-bond acceptors (Lipinski definition) is 9. The molecule has 2 aromatic carbocycles. The molecule has 0 spiro atoms. The third kappa shape index (κ3) is 4.88. The zero-order chi connectivity index (χ0) is 22.3. The Balaban J connectivity index is 1.38. The van der Waals surface area contributed by atoms with Crippen molar-refractivity contribution in [2.24, 2.45) is 0 Å². The summed E-state index contributed by atoms with van der Waals surface area (Å²) in [6.07, 6.45) is 2.90. The molecule has 4 rings (SSSR count). The first-order chi connectivity index (χ1) is 15.7. The molecule has 0 saturated heterocycles. The lowest BCUT2D eigenvalue weighted by molar-refractivity contribution is 0.243. The summed E-state index contributed by atoms with van der Waals surface area (Å²) in [6, 6.07) is 12.8. The van der Waals surface area contributed by atoms with Crippen molar-refractivity contribution in [2.45, 2.75) is 32.8 Å². The summed E-state index contributed by atoms with van der Waals surface area (Å²) in [5, 5.41) is 8.07. The highest BCUT2D eigenvalue weighted by Crippen LogP contribution is 2.31. The number of aromatic nitrogens is 4. The molecular formula is C23H24N4O5. The van der Waals surface area contributed by atoms with Crippen LogP contribution < -0.4 is 14.2 Å². The molecule has 0 saturated carbocycles. The zero-order valence-electron chi connectivity index (χ0n) is 18.2. The number of methoxy groups -OCH3 is 2. The smallest absolute Gasteiger partial charge is 0.264 e. The molecule has 2 heterocycles. The van der Waals surface area contributed by atoms with Gasteiger partial charge >= 0.3 is 0 Å². The van der Waals surface area contributed by atoms with Crippen LogP contribution in [0.2, 0.25) is 0 Å². The van der Waals surface area contributed by atoms with E-state index < -0.39 is 0 Å². The molecule has 0 amide bonds. The van der Waals surface area contributed by atoms with E-state index in [1.54, 1.807) is 20.3 Å². The summed E-state index contributed by atoms with van der Waals surface area (Å²) < 4.78 is 27.0. The van der Waals surface area contributed by atoms with Crippen LogP contribution in [0.15, 0.2) is 51.5 Å². The first-order valence-electron chi connectivity index (χ1n) is 10.3. The molecule has 0 bridgehead atoms. The van der Waals surface area contributed by atoms with Crippen molar-refractivity contribution in [3.05, 3.63) is 54.2 Å². The van der Waals surface area contributed by atoms with Crippen molar-refractivity contribution in [2.75, 3.05) is 14.2 Å². The average molecular weight is 436 g/mol. The Hall–Kier alpha value is -3.88. The van der Waals surface area contributed by atoms with E-state index in [4.69, 9.17) is 23.3 Å². The molecule has 0 fully saturated rings. The van der Waals surface area contributed by atoms with Crippen LogP contribution in [0.4, 0.5) is 0 Å². The Kier molecular flexibility index (Phi) is 6.64. The largest absolute Gasteiger partial charge is 0.497 e. The van der Waals surface area contributed by atoms with Crippen LogP contribution in [0, 0.1) is 0 Å². The minimum Gasteiger partial charge on any atom is -0.497 e. The molecule has 0 N–H and O–H groups in total. The molecular weight excluding hydrogens is 412 g/mol. The highest BCUT2D eigenvalue weighted by Gasteiger charge is 2.15. The van der Waals surface area contributed by atoms with Gasteiger partial charge in [-0.3, -0.25) is 0 Å². The van der Waals surface area contributed by atoms with Gasteiger partial charge in [0, 0.05) is 18.1 Å². The number of unbranched alkanes of at least 4 members (excludes halogenated alkanes) is 1. The molecule has 2 aromatic heterocycles.